The van der Waals surface area contributed by atoms with E-state index in [4.69, 9.17) is 4.42 Å². The van der Waals surface area contributed by atoms with E-state index in [0.717, 1.165) is 0 Å². The van der Waals surface area contributed by atoms with E-state index < -0.39 is 0 Å². The summed E-state index contributed by atoms with van der Waals surface area (Å²) in [6.45, 7) is 2.23. The van der Waals surface area contributed by atoms with Gasteiger partial charge in [-0.1, -0.05) is 0 Å². The first-order valence-corrected chi connectivity index (χ1v) is 4.26. The first kappa shape index (κ1) is 10.3. The Balaban J connectivity index is 2.19. The van der Waals surface area contributed by atoms with E-state index in [1.165, 1.54) is 13.2 Å². The quantitative estimate of drug-likeness (QED) is 0.673. The second-order valence-corrected chi connectivity index (χ2v) is 2.72. The molecule has 14 heavy (non-hydrogen) atoms. The van der Waals surface area contributed by atoms with E-state index in [1.54, 1.807) is 12.1 Å². The van der Waals surface area contributed by atoms with Gasteiger partial charge in [0.15, 0.2) is 5.76 Å². The molecule has 1 rings (SSSR count). The molecule has 0 bridgehead atoms. The lowest BCUT2D eigenvalue weighted by Gasteiger charge is -2.03. The number of hydrogen-bond acceptors (Lipinski definition) is 3. The Morgan fingerprint density at radius 2 is 2.07 bits per heavy atom. The van der Waals surface area contributed by atoms with Crippen molar-refractivity contribution in [3.63, 3.8) is 0 Å². The Kier molecular flexibility index (Phi) is 3.72. The Morgan fingerprint density at radius 3 is 2.64 bits per heavy atom. The molecule has 0 aliphatic heterocycles. The zero-order valence-electron chi connectivity index (χ0n) is 7.87. The van der Waals surface area contributed by atoms with Crippen LogP contribution >= 0.6 is 0 Å². The summed E-state index contributed by atoms with van der Waals surface area (Å²) in [5.41, 5.74) is 0. The maximum Gasteiger partial charge on any atom is 0.287 e. The average Bonchev–Trinajstić information content (AvgIpc) is 2.64. The van der Waals surface area contributed by atoms with Crippen molar-refractivity contribution in [3.05, 3.63) is 24.2 Å². The number of furan rings is 1. The molecule has 0 saturated carbocycles. The Hall–Kier alpha value is -1.78. The van der Waals surface area contributed by atoms with E-state index >= 15 is 0 Å². The molecular weight excluding hydrogens is 184 g/mol. The molecular formula is C9H12N2O3. The number of rotatable bonds is 4. The standard InChI is InChI=1S/C9H12N2O3/c1-7(12)10-4-5-11-9(13)8-3-2-6-14-8/h2-3,6H,4-5H2,1H3,(H,10,12)(H,11,13). The van der Waals surface area contributed by atoms with Crippen LogP contribution in [0.1, 0.15) is 17.5 Å². The highest BCUT2D eigenvalue weighted by Crippen LogP contribution is 1.98. The molecule has 0 atom stereocenters. The summed E-state index contributed by atoms with van der Waals surface area (Å²) in [7, 11) is 0. The molecule has 0 unspecified atom stereocenters. The summed E-state index contributed by atoms with van der Waals surface area (Å²) < 4.78 is 4.87. The molecule has 0 aliphatic carbocycles. The van der Waals surface area contributed by atoms with Crippen molar-refractivity contribution >= 4 is 11.8 Å². The van der Waals surface area contributed by atoms with Crippen LogP contribution in [-0.4, -0.2) is 24.9 Å². The summed E-state index contributed by atoms with van der Waals surface area (Å²) in [6, 6.07) is 3.22. The van der Waals surface area contributed by atoms with Crippen molar-refractivity contribution < 1.29 is 14.0 Å². The molecule has 0 radical (unpaired) electrons. The lowest BCUT2D eigenvalue weighted by Crippen LogP contribution is -2.33. The van der Waals surface area contributed by atoms with Gasteiger partial charge in [-0.05, 0) is 12.1 Å². The number of carbonyl (C=O) groups is 2. The predicted molar refractivity (Wildman–Crippen MR) is 49.7 cm³/mol. The second kappa shape index (κ2) is 5.06. The normalized spacial score (nSPS) is 9.50. The van der Waals surface area contributed by atoms with Gasteiger partial charge >= 0.3 is 0 Å². The van der Waals surface area contributed by atoms with Gasteiger partial charge in [0.1, 0.15) is 0 Å². The number of amides is 2. The molecule has 2 amide bonds. The van der Waals surface area contributed by atoms with Gasteiger partial charge in [0, 0.05) is 20.0 Å². The third kappa shape index (κ3) is 3.30. The minimum atomic E-state index is -0.277. The van der Waals surface area contributed by atoms with Crippen molar-refractivity contribution in [2.75, 3.05) is 13.1 Å². The van der Waals surface area contributed by atoms with Gasteiger partial charge in [0.25, 0.3) is 5.91 Å². The Bertz CT molecular complexity index is 306. The van der Waals surface area contributed by atoms with E-state index in [0.29, 0.717) is 13.1 Å². The predicted octanol–water partition coefficient (Wildman–Crippen LogP) is 0.145. The van der Waals surface area contributed by atoms with Gasteiger partial charge in [-0.25, -0.2) is 0 Å². The van der Waals surface area contributed by atoms with Crippen LogP contribution < -0.4 is 10.6 Å². The molecule has 2 N–H and O–H groups in total. The zero-order chi connectivity index (χ0) is 10.4. The highest BCUT2D eigenvalue weighted by Gasteiger charge is 2.06. The molecule has 0 fully saturated rings. The molecule has 1 aromatic heterocycles. The molecule has 0 aromatic carbocycles. The fourth-order valence-electron chi connectivity index (χ4n) is 0.909. The third-order valence-electron chi connectivity index (χ3n) is 1.53. The first-order chi connectivity index (χ1) is 6.70. The number of hydrogen-bond donors (Lipinski definition) is 2. The van der Waals surface area contributed by atoms with E-state index in [-0.39, 0.29) is 17.6 Å². The van der Waals surface area contributed by atoms with Gasteiger partial charge in [-0.15, -0.1) is 0 Å². The van der Waals surface area contributed by atoms with Gasteiger partial charge < -0.3 is 15.1 Å². The number of carbonyl (C=O) groups excluding carboxylic acids is 2. The molecule has 1 aromatic rings. The van der Waals surface area contributed by atoms with Crippen LogP contribution in [0.5, 0.6) is 0 Å². The van der Waals surface area contributed by atoms with Crippen LogP contribution in [0.4, 0.5) is 0 Å². The van der Waals surface area contributed by atoms with Crippen LogP contribution in [0.15, 0.2) is 22.8 Å². The van der Waals surface area contributed by atoms with Gasteiger partial charge in [0.05, 0.1) is 6.26 Å². The fourth-order valence-corrected chi connectivity index (χ4v) is 0.909. The summed E-state index contributed by atoms with van der Waals surface area (Å²) in [4.78, 5) is 21.7. The fraction of sp³-hybridized carbons (Fsp3) is 0.333. The lowest BCUT2D eigenvalue weighted by atomic mass is 10.4. The van der Waals surface area contributed by atoms with Crippen LogP contribution in [0.25, 0.3) is 0 Å². The van der Waals surface area contributed by atoms with Gasteiger partial charge in [-0.3, -0.25) is 9.59 Å². The number of nitrogens with one attached hydrogen (secondary N) is 2. The topological polar surface area (TPSA) is 71.3 Å². The zero-order valence-corrected chi connectivity index (χ0v) is 7.87. The molecule has 0 saturated heterocycles. The highest BCUT2D eigenvalue weighted by atomic mass is 16.3. The van der Waals surface area contributed by atoms with Crippen molar-refractivity contribution in [2.45, 2.75) is 6.92 Å². The smallest absolute Gasteiger partial charge is 0.287 e. The third-order valence-corrected chi connectivity index (χ3v) is 1.53. The van der Waals surface area contributed by atoms with Crippen LogP contribution in [-0.2, 0) is 4.79 Å². The molecule has 1 heterocycles. The minimum Gasteiger partial charge on any atom is -0.459 e. The van der Waals surface area contributed by atoms with Gasteiger partial charge in [0.2, 0.25) is 5.91 Å². The maximum absolute atomic E-state index is 11.2. The van der Waals surface area contributed by atoms with Crippen LogP contribution in [0.3, 0.4) is 0 Å². The summed E-state index contributed by atoms with van der Waals surface area (Å²) in [5.74, 6) is -0.120. The second-order valence-electron chi connectivity index (χ2n) is 2.72. The van der Waals surface area contributed by atoms with E-state index in [2.05, 4.69) is 10.6 Å². The van der Waals surface area contributed by atoms with Crippen molar-refractivity contribution in [2.24, 2.45) is 0 Å². The first-order valence-electron chi connectivity index (χ1n) is 4.26. The van der Waals surface area contributed by atoms with Crippen molar-refractivity contribution in [1.29, 1.82) is 0 Å². The Morgan fingerprint density at radius 1 is 1.36 bits per heavy atom. The molecule has 76 valence electrons. The SMILES string of the molecule is CC(=O)NCCNC(=O)c1ccco1. The summed E-state index contributed by atoms with van der Waals surface area (Å²) >= 11 is 0. The van der Waals surface area contributed by atoms with Crippen molar-refractivity contribution in [3.8, 4) is 0 Å². The van der Waals surface area contributed by atoms with E-state index in [1.807, 2.05) is 0 Å². The molecule has 0 aliphatic rings. The Labute approximate surface area is 81.5 Å². The lowest BCUT2D eigenvalue weighted by molar-refractivity contribution is -0.118. The molecule has 0 spiro atoms. The van der Waals surface area contributed by atoms with Crippen molar-refractivity contribution in [1.82, 2.24) is 10.6 Å². The van der Waals surface area contributed by atoms with Gasteiger partial charge in [-0.2, -0.15) is 0 Å². The molecule has 5 heteroatoms. The van der Waals surface area contributed by atoms with Crippen LogP contribution in [0, 0.1) is 0 Å². The maximum atomic E-state index is 11.2. The average molecular weight is 196 g/mol. The van der Waals surface area contributed by atoms with E-state index in [9.17, 15) is 9.59 Å². The summed E-state index contributed by atoms with van der Waals surface area (Å²) in [6.07, 6.45) is 1.43. The minimum absolute atomic E-state index is 0.114. The van der Waals surface area contributed by atoms with Crippen LogP contribution in [0.2, 0.25) is 0 Å². The molecule has 5 nitrogen and oxygen atoms in total. The highest BCUT2D eigenvalue weighted by molar-refractivity contribution is 5.91. The monoisotopic (exact) mass is 196 g/mol. The summed E-state index contributed by atoms with van der Waals surface area (Å²) in [5, 5.41) is 5.15. The largest absolute Gasteiger partial charge is 0.459 e.